The van der Waals surface area contributed by atoms with E-state index in [1.165, 1.54) is 18.9 Å². The van der Waals surface area contributed by atoms with Crippen LogP contribution in [0.2, 0.25) is 24.7 Å². The fourth-order valence-electron chi connectivity index (χ4n) is 1.33. The second-order valence-corrected chi connectivity index (χ2v) is 10.0. The summed E-state index contributed by atoms with van der Waals surface area (Å²) in [7, 11) is -0.877. The average Bonchev–Trinajstić information content (AvgIpc) is 1.99. The quantitative estimate of drug-likeness (QED) is 0.494. The number of rotatable bonds is 5. The summed E-state index contributed by atoms with van der Waals surface area (Å²) in [6, 6.07) is 1.45. The predicted octanol–water partition coefficient (Wildman–Crippen LogP) is 3.81. The van der Waals surface area contributed by atoms with Crippen LogP contribution < -0.4 is 0 Å². The lowest BCUT2D eigenvalue weighted by atomic mass is 10.4. The molecule has 0 aliphatic carbocycles. The van der Waals surface area contributed by atoms with E-state index in [1.807, 2.05) is 0 Å². The Morgan fingerprint density at radius 3 is 2.27 bits per heavy atom. The molecule has 1 atom stereocenters. The summed E-state index contributed by atoms with van der Waals surface area (Å²) in [4.78, 5) is 0. The van der Waals surface area contributed by atoms with Gasteiger partial charge in [0.1, 0.15) is 0 Å². The van der Waals surface area contributed by atoms with Crippen molar-refractivity contribution >= 4 is 20.7 Å². The molecule has 0 fully saturated rings. The van der Waals surface area contributed by atoms with Gasteiger partial charge in [-0.15, -0.1) is 0 Å². The predicted molar refractivity (Wildman–Crippen MR) is 60.5 cm³/mol. The summed E-state index contributed by atoms with van der Waals surface area (Å²) in [5.41, 5.74) is 0.974. The van der Waals surface area contributed by atoms with Gasteiger partial charge in [-0.3, -0.25) is 0 Å². The summed E-state index contributed by atoms with van der Waals surface area (Å²) in [5.74, 6) is 1.06. The monoisotopic (exact) mass is 190 g/mol. The molecule has 0 amide bonds. The van der Waals surface area contributed by atoms with Crippen LogP contribution in [-0.4, -0.2) is 13.8 Å². The van der Waals surface area contributed by atoms with E-state index >= 15 is 0 Å². The van der Waals surface area contributed by atoms with Gasteiger partial charge < -0.3 is 0 Å². The van der Waals surface area contributed by atoms with Crippen LogP contribution >= 0.6 is 12.6 Å². The zero-order valence-corrected chi connectivity index (χ0v) is 10.2. The van der Waals surface area contributed by atoms with Gasteiger partial charge in [0.2, 0.25) is 0 Å². The summed E-state index contributed by atoms with van der Waals surface area (Å²) < 4.78 is 0. The van der Waals surface area contributed by atoms with Crippen LogP contribution in [0.15, 0.2) is 0 Å². The van der Waals surface area contributed by atoms with Crippen molar-refractivity contribution < 1.29 is 0 Å². The Bertz CT molecular complexity index is 102. The first-order chi connectivity index (χ1) is 5.04. The molecule has 0 heterocycles. The van der Waals surface area contributed by atoms with E-state index in [0.717, 1.165) is 11.3 Å². The molecule has 0 nitrogen and oxygen atoms in total. The fourth-order valence-corrected chi connectivity index (χ4v) is 4.48. The first kappa shape index (κ1) is 11.6. The van der Waals surface area contributed by atoms with Crippen molar-refractivity contribution in [3.05, 3.63) is 0 Å². The second kappa shape index (κ2) is 5.25. The molecule has 0 saturated heterocycles. The van der Waals surface area contributed by atoms with Crippen molar-refractivity contribution in [1.29, 1.82) is 0 Å². The van der Waals surface area contributed by atoms with Crippen molar-refractivity contribution in [3.8, 4) is 0 Å². The number of hydrogen-bond donors (Lipinski definition) is 1. The van der Waals surface area contributed by atoms with Crippen LogP contribution in [0.5, 0.6) is 0 Å². The molecule has 1 unspecified atom stereocenters. The van der Waals surface area contributed by atoms with Crippen LogP contribution in [0.3, 0.4) is 0 Å². The molecular formula is C9H22SSi. The molecule has 0 N–H and O–H groups in total. The second-order valence-electron chi connectivity index (χ2n) is 4.13. The van der Waals surface area contributed by atoms with E-state index in [2.05, 4.69) is 39.6 Å². The van der Waals surface area contributed by atoms with Crippen LogP contribution in [0.25, 0.3) is 0 Å². The van der Waals surface area contributed by atoms with Gasteiger partial charge in [0, 0.05) is 0 Å². The molecule has 0 radical (unpaired) electrons. The van der Waals surface area contributed by atoms with Crippen LogP contribution in [0.1, 0.15) is 26.7 Å². The largest absolute Gasteiger partial charge is 0.179 e. The highest BCUT2D eigenvalue weighted by Gasteiger charge is 2.25. The van der Waals surface area contributed by atoms with Gasteiger partial charge in [0.05, 0.1) is 8.07 Å². The maximum Gasteiger partial charge on any atom is 0.0502 e. The first-order valence-corrected chi connectivity index (χ1v) is 8.57. The molecule has 0 saturated carbocycles. The Hall–Kier alpha value is 0.567. The SMILES string of the molecule is CCC(C)[Si](C)(C)CCCS. The molecule has 11 heavy (non-hydrogen) atoms. The van der Waals surface area contributed by atoms with Gasteiger partial charge in [0.15, 0.2) is 0 Å². The average molecular weight is 190 g/mol. The Morgan fingerprint density at radius 1 is 1.36 bits per heavy atom. The van der Waals surface area contributed by atoms with Gasteiger partial charge in [0.25, 0.3) is 0 Å². The molecule has 2 heteroatoms. The smallest absolute Gasteiger partial charge is 0.0502 e. The Labute approximate surface area is 78.2 Å². The molecule has 0 aliphatic heterocycles. The van der Waals surface area contributed by atoms with Crippen molar-refractivity contribution in [3.63, 3.8) is 0 Å². The lowest BCUT2D eigenvalue weighted by Crippen LogP contribution is -2.30. The zero-order valence-electron chi connectivity index (χ0n) is 8.35. The third kappa shape index (κ3) is 4.21. The van der Waals surface area contributed by atoms with Crippen LogP contribution in [0, 0.1) is 0 Å². The highest BCUT2D eigenvalue weighted by atomic mass is 32.1. The van der Waals surface area contributed by atoms with Crippen molar-refractivity contribution in [2.45, 2.75) is 51.4 Å². The van der Waals surface area contributed by atoms with Crippen LogP contribution in [-0.2, 0) is 0 Å². The topological polar surface area (TPSA) is 0 Å². The van der Waals surface area contributed by atoms with Crippen LogP contribution in [0.4, 0.5) is 0 Å². The lowest BCUT2D eigenvalue weighted by Gasteiger charge is -2.28. The van der Waals surface area contributed by atoms with E-state index in [1.54, 1.807) is 0 Å². The highest BCUT2D eigenvalue weighted by Crippen LogP contribution is 2.29. The summed E-state index contributed by atoms with van der Waals surface area (Å²) in [6.45, 7) is 9.72. The normalized spacial score (nSPS) is 15.0. The van der Waals surface area contributed by atoms with Gasteiger partial charge in [-0.2, -0.15) is 12.6 Å². The van der Waals surface area contributed by atoms with Gasteiger partial charge in [-0.1, -0.05) is 39.4 Å². The Morgan fingerprint density at radius 2 is 1.91 bits per heavy atom. The van der Waals surface area contributed by atoms with Crippen molar-refractivity contribution in [2.75, 3.05) is 5.75 Å². The maximum absolute atomic E-state index is 4.25. The molecule has 0 aromatic heterocycles. The van der Waals surface area contributed by atoms with Gasteiger partial charge in [-0.05, 0) is 17.7 Å². The van der Waals surface area contributed by atoms with Gasteiger partial charge >= 0.3 is 0 Å². The summed E-state index contributed by atoms with van der Waals surface area (Å²) in [5, 5.41) is 0. The molecule has 0 bridgehead atoms. The number of thiol groups is 1. The zero-order chi connectivity index (χ0) is 8.91. The third-order valence-corrected chi connectivity index (χ3v) is 7.96. The van der Waals surface area contributed by atoms with E-state index in [4.69, 9.17) is 0 Å². The first-order valence-electron chi connectivity index (χ1n) is 4.65. The minimum atomic E-state index is -0.877. The molecule has 0 spiro atoms. The lowest BCUT2D eigenvalue weighted by molar-refractivity contribution is 0.824. The van der Waals surface area contributed by atoms with Crippen molar-refractivity contribution in [2.24, 2.45) is 0 Å². The van der Waals surface area contributed by atoms with Crippen molar-refractivity contribution in [1.82, 2.24) is 0 Å². The Balaban J connectivity index is 3.77. The fraction of sp³-hybridized carbons (Fsp3) is 1.00. The third-order valence-electron chi connectivity index (χ3n) is 2.93. The Kier molecular flexibility index (Phi) is 5.53. The molecule has 0 aliphatic rings. The molecular weight excluding hydrogens is 168 g/mol. The van der Waals surface area contributed by atoms with E-state index in [-0.39, 0.29) is 0 Å². The summed E-state index contributed by atoms with van der Waals surface area (Å²) in [6.07, 6.45) is 2.67. The minimum absolute atomic E-state index is 0.877. The number of hydrogen-bond acceptors (Lipinski definition) is 1. The van der Waals surface area contributed by atoms with E-state index in [0.29, 0.717) is 0 Å². The van der Waals surface area contributed by atoms with E-state index in [9.17, 15) is 0 Å². The van der Waals surface area contributed by atoms with Gasteiger partial charge in [-0.25, -0.2) is 0 Å². The maximum atomic E-state index is 4.25. The molecule has 0 rings (SSSR count). The highest BCUT2D eigenvalue weighted by molar-refractivity contribution is 7.80. The minimum Gasteiger partial charge on any atom is -0.179 e. The molecule has 68 valence electrons. The summed E-state index contributed by atoms with van der Waals surface area (Å²) >= 11 is 4.25. The standard InChI is InChI=1S/C9H22SSi/c1-5-9(2)11(3,4)8-6-7-10/h9-10H,5-8H2,1-4H3. The molecule has 0 aromatic rings. The molecule has 0 aromatic carbocycles. The van der Waals surface area contributed by atoms with E-state index < -0.39 is 8.07 Å².